The van der Waals surface area contributed by atoms with Gasteiger partial charge in [-0.3, -0.25) is 14.7 Å². The second-order valence-electron chi connectivity index (χ2n) is 7.74. The number of nitrogen functional groups attached to an aromatic ring is 1. The van der Waals surface area contributed by atoms with Crippen LogP contribution in [0.1, 0.15) is 41.3 Å². The van der Waals surface area contributed by atoms with E-state index >= 15 is 0 Å². The van der Waals surface area contributed by atoms with Gasteiger partial charge in [-0.2, -0.15) is 5.10 Å². The van der Waals surface area contributed by atoms with Crippen molar-refractivity contribution in [1.82, 2.24) is 15.1 Å². The Kier molecular flexibility index (Phi) is 4.38. The van der Waals surface area contributed by atoms with Crippen molar-refractivity contribution in [2.45, 2.75) is 26.3 Å². The van der Waals surface area contributed by atoms with E-state index in [0.29, 0.717) is 23.7 Å². The van der Waals surface area contributed by atoms with Crippen LogP contribution in [0.4, 0.5) is 5.69 Å². The van der Waals surface area contributed by atoms with Gasteiger partial charge in [-0.15, -0.1) is 0 Å². The predicted molar refractivity (Wildman–Crippen MR) is 113 cm³/mol. The molecule has 0 spiro atoms. The molecule has 0 saturated carbocycles. The first-order chi connectivity index (χ1) is 13.8. The van der Waals surface area contributed by atoms with Crippen molar-refractivity contribution >= 4 is 28.4 Å². The number of primary amides is 1. The molecule has 148 valence electrons. The Hall–Kier alpha value is -3.61. The lowest BCUT2D eigenvalue weighted by molar-refractivity contribution is -0.114. The number of hydrogen-bond acceptors (Lipinski definition) is 4. The number of fused-ring (bicyclic) bond motifs is 2. The average molecular weight is 389 g/mol. The normalized spacial score (nSPS) is 13.3. The number of aromatic nitrogens is 2. The van der Waals surface area contributed by atoms with Crippen LogP contribution < -0.4 is 11.5 Å². The molecule has 7 nitrogen and oxygen atoms in total. The monoisotopic (exact) mass is 389 g/mol. The summed E-state index contributed by atoms with van der Waals surface area (Å²) in [6.45, 7) is 8.36. The average Bonchev–Trinajstić information content (AvgIpc) is 3.26. The third kappa shape index (κ3) is 3.04. The number of aromatic amines is 1. The van der Waals surface area contributed by atoms with Crippen LogP contribution in [0.15, 0.2) is 42.6 Å². The standard InChI is InChI=1S/C22H23N5O2/c1-11(2)16-7-13(6-14-8-25-26-20(14)16)15-4-5-18(23)19-17(15)10-27(22(19)29)9-12(3)21(24)28/h4-8,11H,3,9-10,23H2,1-2H3,(H2,24,28)(H,25,26). The minimum atomic E-state index is -0.617. The van der Waals surface area contributed by atoms with Gasteiger partial charge in [-0.1, -0.05) is 26.5 Å². The Bertz CT molecular complexity index is 1180. The van der Waals surface area contributed by atoms with Crippen LogP contribution in [-0.2, 0) is 11.3 Å². The number of hydrogen-bond donors (Lipinski definition) is 3. The zero-order valence-electron chi connectivity index (χ0n) is 16.5. The van der Waals surface area contributed by atoms with Gasteiger partial charge in [0.2, 0.25) is 5.91 Å². The molecule has 7 heteroatoms. The second-order valence-corrected chi connectivity index (χ2v) is 7.74. The van der Waals surface area contributed by atoms with Gasteiger partial charge in [-0.25, -0.2) is 0 Å². The Morgan fingerprint density at radius 1 is 1.34 bits per heavy atom. The van der Waals surface area contributed by atoms with Gasteiger partial charge < -0.3 is 16.4 Å². The zero-order chi connectivity index (χ0) is 20.9. The minimum Gasteiger partial charge on any atom is -0.398 e. The van der Waals surface area contributed by atoms with Crippen molar-refractivity contribution in [2.24, 2.45) is 5.73 Å². The molecule has 4 rings (SSSR count). The van der Waals surface area contributed by atoms with Crippen molar-refractivity contribution in [3.8, 4) is 11.1 Å². The summed E-state index contributed by atoms with van der Waals surface area (Å²) in [4.78, 5) is 25.9. The molecule has 1 aliphatic rings. The molecule has 2 aromatic carbocycles. The molecule has 0 saturated heterocycles. The Labute approximate surface area is 168 Å². The maximum Gasteiger partial charge on any atom is 0.256 e. The Morgan fingerprint density at radius 3 is 2.79 bits per heavy atom. The topological polar surface area (TPSA) is 118 Å². The minimum absolute atomic E-state index is 0.0831. The summed E-state index contributed by atoms with van der Waals surface area (Å²) in [5, 5.41) is 8.26. The fourth-order valence-corrected chi connectivity index (χ4v) is 3.91. The number of H-pyrrole nitrogens is 1. The van der Waals surface area contributed by atoms with Crippen molar-refractivity contribution in [3.63, 3.8) is 0 Å². The smallest absolute Gasteiger partial charge is 0.256 e. The predicted octanol–water partition coefficient (Wildman–Crippen LogP) is 2.93. The maximum absolute atomic E-state index is 12.9. The lowest BCUT2D eigenvalue weighted by Crippen LogP contribution is -2.30. The molecule has 0 bridgehead atoms. The highest BCUT2D eigenvalue weighted by Crippen LogP contribution is 2.38. The Morgan fingerprint density at radius 2 is 2.10 bits per heavy atom. The SMILES string of the molecule is C=C(CN1Cc2c(-c3cc(C(C)C)c4[nH]ncc4c3)ccc(N)c2C1=O)C(N)=O. The van der Waals surface area contributed by atoms with Crippen LogP contribution in [0.2, 0.25) is 0 Å². The van der Waals surface area contributed by atoms with Crippen LogP contribution in [0.3, 0.4) is 0 Å². The molecular formula is C22H23N5O2. The van der Waals surface area contributed by atoms with Crippen LogP contribution in [-0.4, -0.2) is 33.5 Å². The summed E-state index contributed by atoms with van der Waals surface area (Å²) in [7, 11) is 0. The van der Waals surface area contributed by atoms with E-state index in [1.54, 1.807) is 17.2 Å². The number of nitrogens with zero attached hydrogens (tertiary/aromatic N) is 2. The van der Waals surface area contributed by atoms with E-state index < -0.39 is 5.91 Å². The highest BCUT2D eigenvalue weighted by atomic mass is 16.2. The molecule has 0 radical (unpaired) electrons. The number of anilines is 1. The van der Waals surface area contributed by atoms with Gasteiger partial charge in [0.15, 0.2) is 0 Å². The van der Waals surface area contributed by atoms with E-state index in [9.17, 15) is 9.59 Å². The van der Waals surface area contributed by atoms with E-state index in [4.69, 9.17) is 11.5 Å². The third-order valence-corrected chi connectivity index (χ3v) is 5.44. The summed E-state index contributed by atoms with van der Waals surface area (Å²) < 4.78 is 0. The molecule has 0 atom stereocenters. The number of amides is 2. The van der Waals surface area contributed by atoms with Crippen molar-refractivity contribution in [2.75, 3.05) is 12.3 Å². The van der Waals surface area contributed by atoms with Crippen molar-refractivity contribution in [1.29, 1.82) is 0 Å². The number of carbonyl (C=O) groups excluding carboxylic acids is 2. The molecule has 29 heavy (non-hydrogen) atoms. The highest BCUT2D eigenvalue weighted by Gasteiger charge is 2.32. The van der Waals surface area contributed by atoms with Crippen molar-refractivity contribution in [3.05, 3.63) is 59.3 Å². The van der Waals surface area contributed by atoms with Crippen LogP contribution in [0, 0.1) is 0 Å². The number of nitrogens with two attached hydrogens (primary N) is 2. The van der Waals surface area contributed by atoms with Gasteiger partial charge in [0, 0.05) is 23.2 Å². The molecule has 3 aromatic rings. The molecule has 5 N–H and O–H groups in total. The lowest BCUT2D eigenvalue weighted by atomic mass is 9.91. The molecular weight excluding hydrogens is 366 g/mol. The number of benzene rings is 2. The van der Waals surface area contributed by atoms with Crippen LogP contribution in [0.25, 0.3) is 22.0 Å². The van der Waals surface area contributed by atoms with E-state index in [0.717, 1.165) is 33.2 Å². The van der Waals surface area contributed by atoms with E-state index in [1.165, 1.54) is 0 Å². The summed E-state index contributed by atoms with van der Waals surface area (Å²) in [6, 6.07) is 7.89. The lowest BCUT2D eigenvalue weighted by Gasteiger charge is -2.16. The zero-order valence-corrected chi connectivity index (χ0v) is 16.5. The van der Waals surface area contributed by atoms with Gasteiger partial charge in [0.25, 0.3) is 5.91 Å². The summed E-state index contributed by atoms with van der Waals surface area (Å²) in [6.07, 6.45) is 1.80. The summed E-state index contributed by atoms with van der Waals surface area (Å²) >= 11 is 0. The maximum atomic E-state index is 12.9. The molecule has 0 aliphatic carbocycles. The van der Waals surface area contributed by atoms with Gasteiger partial charge in [0.1, 0.15) is 0 Å². The molecule has 1 aliphatic heterocycles. The van der Waals surface area contributed by atoms with E-state index in [-0.39, 0.29) is 18.0 Å². The van der Waals surface area contributed by atoms with E-state index in [2.05, 4.69) is 42.8 Å². The second kappa shape index (κ2) is 6.77. The largest absolute Gasteiger partial charge is 0.398 e. The summed E-state index contributed by atoms with van der Waals surface area (Å²) in [5.41, 5.74) is 17.5. The molecule has 0 unspecified atom stereocenters. The first-order valence-corrected chi connectivity index (χ1v) is 9.43. The highest BCUT2D eigenvalue weighted by molar-refractivity contribution is 6.06. The van der Waals surface area contributed by atoms with Gasteiger partial charge in [-0.05, 0) is 46.4 Å². The number of nitrogens with one attached hydrogen (secondary N) is 1. The summed E-state index contributed by atoms with van der Waals surface area (Å²) in [5.74, 6) is -0.527. The molecule has 2 amide bonds. The molecule has 1 aromatic heterocycles. The van der Waals surface area contributed by atoms with Crippen molar-refractivity contribution < 1.29 is 9.59 Å². The fraction of sp³-hybridized carbons (Fsp3) is 0.227. The van der Waals surface area contributed by atoms with E-state index in [1.807, 2.05) is 6.07 Å². The van der Waals surface area contributed by atoms with Crippen LogP contribution >= 0.6 is 0 Å². The first kappa shape index (κ1) is 18.7. The number of carbonyl (C=O) groups is 2. The first-order valence-electron chi connectivity index (χ1n) is 9.43. The fourth-order valence-electron chi connectivity index (χ4n) is 3.91. The Balaban J connectivity index is 1.83. The number of rotatable bonds is 5. The van der Waals surface area contributed by atoms with Gasteiger partial charge in [0.05, 0.1) is 23.8 Å². The molecule has 2 heterocycles. The van der Waals surface area contributed by atoms with Crippen LogP contribution in [0.5, 0.6) is 0 Å². The van der Waals surface area contributed by atoms with Gasteiger partial charge >= 0.3 is 0 Å². The third-order valence-electron chi connectivity index (χ3n) is 5.44. The molecule has 0 fully saturated rings. The quantitative estimate of drug-likeness (QED) is 0.459.